The second-order valence-corrected chi connectivity index (χ2v) is 10.4. The zero-order valence-corrected chi connectivity index (χ0v) is 19.8. The summed E-state index contributed by atoms with van der Waals surface area (Å²) in [5.74, 6) is 0. The van der Waals surface area contributed by atoms with Crippen molar-refractivity contribution in [3.05, 3.63) is 75.6 Å². The largest absolute Gasteiger partial charge is 0.382 e. The third kappa shape index (κ3) is 4.45. The molecule has 5 nitrogen and oxygen atoms in total. The maximum atomic E-state index is 13.3. The van der Waals surface area contributed by atoms with Gasteiger partial charge in [0.2, 0.25) is 0 Å². The van der Waals surface area contributed by atoms with Gasteiger partial charge in [-0.2, -0.15) is 0 Å². The number of fused-ring (bicyclic) bond motifs is 1. The quantitative estimate of drug-likeness (QED) is 0.459. The molecule has 28 heavy (non-hydrogen) atoms. The van der Waals surface area contributed by atoms with Gasteiger partial charge in [0.05, 0.1) is 10.4 Å². The van der Waals surface area contributed by atoms with Crippen molar-refractivity contribution in [1.29, 1.82) is 0 Å². The van der Waals surface area contributed by atoms with Gasteiger partial charge in [0.1, 0.15) is 0 Å². The van der Waals surface area contributed by atoms with E-state index in [2.05, 4.69) is 31.9 Å². The summed E-state index contributed by atoms with van der Waals surface area (Å²) < 4.78 is 29.6. The molecule has 2 aromatic carbocycles. The van der Waals surface area contributed by atoms with Crippen LogP contribution in [-0.2, 0) is 16.6 Å². The number of hydrogen-bond donors (Lipinski definition) is 0. The summed E-state index contributed by atoms with van der Waals surface area (Å²) in [7, 11) is 2.18. The van der Waals surface area contributed by atoms with Gasteiger partial charge < -0.3 is 9.80 Å². The molecule has 0 radical (unpaired) electrons. The summed E-state index contributed by atoms with van der Waals surface area (Å²) in [6.07, 6.45) is 5.63. The summed E-state index contributed by atoms with van der Waals surface area (Å²) in [4.78, 5) is 4.23. The minimum atomic E-state index is -3.70. The average molecular weight is 527 g/mol. The van der Waals surface area contributed by atoms with Crippen LogP contribution in [0, 0.1) is 0 Å². The lowest BCUT2D eigenvalue weighted by molar-refractivity contribution is 0.436. The topological polar surface area (TPSA) is 45.5 Å². The molecule has 0 saturated carbocycles. The van der Waals surface area contributed by atoms with Gasteiger partial charge in [-0.05, 0) is 48.0 Å². The van der Waals surface area contributed by atoms with Crippen molar-refractivity contribution in [2.75, 3.05) is 21.1 Å². The standard InChI is InChI=1S/C20H21Br2N3O2S/c1-23(2)10-11-24(3)13-15-14-25(20-9-6-17(22)12-19(15)20)28(26,27)18-7-4-16(21)5-8-18/h4-12,14H,13H2,1-3H3/b11-10+. The molecule has 0 fully saturated rings. The molecular formula is C20H21Br2N3O2S. The number of nitrogens with zero attached hydrogens (tertiary/aromatic N) is 3. The van der Waals surface area contributed by atoms with Crippen LogP contribution in [0.4, 0.5) is 0 Å². The van der Waals surface area contributed by atoms with Crippen LogP contribution >= 0.6 is 31.9 Å². The minimum Gasteiger partial charge on any atom is -0.382 e. The summed E-state index contributed by atoms with van der Waals surface area (Å²) in [6, 6.07) is 12.3. The molecule has 0 aliphatic rings. The molecule has 0 spiro atoms. The molecule has 8 heteroatoms. The molecule has 0 bridgehead atoms. The normalized spacial score (nSPS) is 12.0. The lowest BCUT2D eigenvalue weighted by Crippen LogP contribution is -2.13. The van der Waals surface area contributed by atoms with Gasteiger partial charge in [-0.15, -0.1) is 0 Å². The van der Waals surface area contributed by atoms with Crippen LogP contribution in [0.3, 0.4) is 0 Å². The summed E-state index contributed by atoms with van der Waals surface area (Å²) in [5, 5.41) is 0.903. The van der Waals surface area contributed by atoms with E-state index in [9.17, 15) is 8.42 Å². The number of rotatable bonds is 6. The predicted molar refractivity (Wildman–Crippen MR) is 121 cm³/mol. The molecule has 0 aliphatic carbocycles. The first-order valence-electron chi connectivity index (χ1n) is 8.54. The van der Waals surface area contributed by atoms with E-state index in [0.29, 0.717) is 12.1 Å². The van der Waals surface area contributed by atoms with E-state index in [1.165, 1.54) is 3.97 Å². The van der Waals surface area contributed by atoms with Crippen LogP contribution < -0.4 is 0 Å². The van der Waals surface area contributed by atoms with Crippen LogP contribution in [0.15, 0.2) is 74.9 Å². The molecule has 0 saturated heterocycles. The Balaban J connectivity index is 2.10. The molecule has 3 aromatic rings. The van der Waals surface area contributed by atoms with E-state index in [1.54, 1.807) is 30.5 Å². The first-order valence-corrected chi connectivity index (χ1v) is 11.6. The molecule has 0 N–H and O–H groups in total. The molecule has 1 heterocycles. The van der Waals surface area contributed by atoms with E-state index in [4.69, 9.17) is 0 Å². The number of benzene rings is 2. The minimum absolute atomic E-state index is 0.253. The van der Waals surface area contributed by atoms with E-state index in [1.807, 2.05) is 61.5 Å². The van der Waals surface area contributed by atoms with E-state index in [-0.39, 0.29) is 4.90 Å². The van der Waals surface area contributed by atoms with Crippen LogP contribution in [0.1, 0.15) is 5.56 Å². The van der Waals surface area contributed by atoms with Crippen molar-refractivity contribution in [2.45, 2.75) is 11.4 Å². The number of aromatic nitrogens is 1. The summed E-state index contributed by atoms with van der Waals surface area (Å²) >= 11 is 6.85. The van der Waals surface area contributed by atoms with Crippen molar-refractivity contribution in [2.24, 2.45) is 0 Å². The highest BCUT2D eigenvalue weighted by atomic mass is 79.9. The molecule has 1 aromatic heterocycles. The SMILES string of the molecule is CN(C)/C=C/N(C)Cc1cn(S(=O)(=O)c2ccc(Br)cc2)c2ccc(Br)cc12. The fraction of sp³-hybridized carbons (Fsp3) is 0.200. The Hall–Kier alpha value is -1.77. The van der Waals surface area contributed by atoms with Gasteiger partial charge in [0.25, 0.3) is 10.0 Å². The first kappa shape index (κ1) is 21.0. The van der Waals surface area contributed by atoms with E-state index in [0.717, 1.165) is 19.9 Å². The third-order valence-corrected chi connectivity index (χ3v) is 6.93. The van der Waals surface area contributed by atoms with Crippen molar-refractivity contribution in [1.82, 2.24) is 13.8 Å². The van der Waals surface area contributed by atoms with Gasteiger partial charge >= 0.3 is 0 Å². The smallest absolute Gasteiger partial charge is 0.268 e. The Kier molecular flexibility index (Phi) is 6.21. The Labute approximate surface area is 182 Å². The monoisotopic (exact) mass is 525 g/mol. The second kappa shape index (κ2) is 8.31. The molecule has 148 valence electrons. The second-order valence-electron chi connectivity index (χ2n) is 6.75. The van der Waals surface area contributed by atoms with Gasteiger partial charge in [0, 0.05) is 60.6 Å². The fourth-order valence-corrected chi connectivity index (χ4v) is 4.87. The van der Waals surface area contributed by atoms with Gasteiger partial charge in [-0.3, -0.25) is 0 Å². The van der Waals surface area contributed by atoms with E-state index >= 15 is 0 Å². The average Bonchev–Trinajstić information content (AvgIpc) is 2.99. The Morgan fingerprint density at radius 1 is 0.964 bits per heavy atom. The number of hydrogen-bond acceptors (Lipinski definition) is 4. The Bertz CT molecular complexity index is 1120. The van der Waals surface area contributed by atoms with Crippen LogP contribution in [0.2, 0.25) is 0 Å². The molecule has 3 rings (SSSR count). The molecule has 0 unspecified atom stereocenters. The summed E-state index contributed by atoms with van der Waals surface area (Å²) in [5.41, 5.74) is 1.59. The lowest BCUT2D eigenvalue weighted by Gasteiger charge is -2.15. The third-order valence-electron chi connectivity index (χ3n) is 4.22. The zero-order chi connectivity index (χ0) is 20.5. The van der Waals surface area contributed by atoms with Gasteiger partial charge in [-0.25, -0.2) is 12.4 Å². The zero-order valence-electron chi connectivity index (χ0n) is 15.8. The highest BCUT2D eigenvalue weighted by molar-refractivity contribution is 9.10. The van der Waals surface area contributed by atoms with Crippen LogP contribution in [0.25, 0.3) is 10.9 Å². The molecule has 0 amide bonds. The molecule has 0 atom stereocenters. The lowest BCUT2D eigenvalue weighted by atomic mass is 10.2. The van der Waals surface area contributed by atoms with Gasteiger partial charge in [0.15, 0.2) is 0 Å². The Morgan fingerprint density at radius 3 is 2.25 bits per heavy atom. The maximum absolute atomic E-state index is 13.3. The van der Waals surface area contributed by atoms with Crippen molar-refractivity contribution in [3.63, 3.8) is 0 Å². The predicted octanol–water partition coefficient (Wildman–Crippen LogP) is 4.87. The maximum Gasteiger partial charge on any atom is 0.268 e. The molecular weight excluding hydrogens is 506 g/mol. The fourth-order valence-electron chi connectivity index (χ4n) is 2.85. The van der Waals surface area contributed by atoms with Crippen LogP contribution in [0.5, 0.6) is 0 Å². The van der Waals surface area contributed by atoms with Crippen molar-refractivity contribution in [3.8, 4) is 0 Å². The highest BCUT2D eigenvalue weighted by Crippen LogP contribution is 2.29. The molecule has 0 aliphatic heterocycles. The highest BCUT2D eigenvalue weighted by Gasteiger charge is 2.21. The Morgan fingerprint density at radius 2 is 1.61 bits per heavy atom. The number of halogens is 2. The van der Waals surface area contributed by atoms with Crippen molar-refractivity contribution < 1.29 is 8.42 Å². The van der Waals surface area contributed by atoms with Crippen molar-refractivity contribution >= 4 is 52.8 Å². The van der Waals surface area contributed by atoms with Gasteiger partial charge in [-0.1, -0.05) is 31.9 Å². The summed E-state index contributed by atoms with van der Waals surface area (Å²) in [6.45, 7) is 0.583. The van der Waals surface area contributed by atoms with E-state index < -0.39 is 10.0 Å². The van der Waals surface area contributed by atoms with Crippen LogP contribution in [-0.4, -0.2) is 43.3 Å². The first-order chi connectivity index (χ1) is 13.2.